The van der Waals surface area contributed by atoms with Gasteiger partial charge in [-0.05, 0) is 111 Å². The first-order chi connectivity index (χ1) is 27.5. The first-order valence-corrected chi connectivity index (χ1v) is 21.2. The van der Waals surface area contributed by atoms with Gasteiger partial charge in [0, 0.05) is 40.5 Å². The van der Waals surface area contributed by atoms with Crippen LogP contribution in [0.1, 0.15) is 93.8 Å². The normalized spacial score (nSPS) is 34.4. The predicted octanol–water partition coefficient (Wildman–Crippen LogP) is 9.68. The van der Waals surface area contributed by atoms with Crippen LogP contribution in [-0.2, 0) is 17.5 Å². The molecule has 11 heteroatoms. The molecule has 2 spiro atoms. The maximum atomic E-state index is 15.1. The topological polar surface area (TPSA) is 103 Å². The second-order valence-electron chi connectivity index (χ2n) is 18.4. The number of aliphatic hydroxyl groups is 3. The van der Waals surface area contributed by atoms with Gasteiger partial charge < -0.3 is 24.5 Å². The number of nitrogens with zero attached hydrogens (tertiary/aromatic N) is 1. The van der Waals surface area contributed by atoms with Crippen LogP contribution >= 0.6 is 11.6 Å². The van der Waals surface area contributed by atoms with Crippen molar-refractivity contribution in [3.8, 4) is 11.3 Å². The molecule has 0 amide bonds. The molecule has 3 aromatic rings. The number of furan rings is 1. The van der Waals surface area contributed by atoms with E-state index in [2.05, 4.69) is 43.9 Å². The van der Waals surface area contributed by atoms with Crippen molar-refractivity contribution >= 4 is 17.4 Å². The summed E-state index contributed by atoms with van der Waals surface area (Å²) in [5.41, 5.74) is -2.50. The van der Waals surface area contributed by atoms with Gasteiger partial charge in [-0.15, -0.1) is 0 Å². The van der Waals surface area contributed by atoms with E-state index >= 15 is 4.79 Å². The molecule has 0 radical (unpaired) electrons. The zero-order valence-electron chi connectivity index (χ0n) is 33.5. The third kappa shape index (κ3) is 6.65. The monoisotopic (exact) mass is 821 g/mol. The van der Waals surface area contributed by atoms with Crippen LogP contribution < -0.4 is 0 Å². The number of ketones is 1. The van der Waals surface area contributed by atoms with Crippen molar-refractivity contribution in [2.24, 2.45) is 33.5 Å². The first-order valence-electron chi connectivity index (χ1n) is 20.9. The van der Waals surface area contributed by atoms with Crippen molar-refractivity contribution in [1.82, 2.24) is 4.90 Å². The molecule has 0 saturated heterocycles. The van der Waals surface area contributed by atoms with E-state index in [1.54, 1.807) is 0 Å². The highest BCUT2D eigenvalue weighted by Gasteiger charge is 2.74. The summed E-state index contributed by atoms with van der Waals surface area (Å²) in [5, 5.41) is 35.2. The Bertz CT molecular complexity index is 2080. The van der Waals surface area contributed by atoms with E-state index in [4.69, 9.17) is 20.8 Å². The predicted molar refractivity (Wildman–Crippen MR) is 216 cm³/mol. The quantitative estimate of drug-likeness (QED) is 0.117. The zero-order valence-corrected chi connectivity index (χ0v) is 34.3. The lowest BCUT2D eigenvalue weighted by atomic mass is 9.32. The lowest BCUT2D eigenvalue weighted by Crippen LogP contribution is -2.67. The van der Waals surface area contributed by atoms with Gasteiger partial charge in [-0.1, -0.05) is 80.9 Å². The fourth-order valence-electron chi connectivity index (χ4n) is 12.4. The molecule has 3 saturated carbocycles. The van der Waals surface area contributed by atoms with Gasteiger partial charge >= 0.3 is 6.18 Å². The SMILES string of the molecule is CCCN(C[C@@H](O)COCc1ccccc1)C[C@]1(O)CC[C@H]2[C@]34C=C[C@@]5(C=C3C(=O)c3ccc(-c6cc(C(F)(F)F)ccc6Cl)o3)CC(O)CC[C@]5(C)[C@H]4CC[C@@]21C. The molecular weight excluding hydrogens is 767 g/mol. The average molecular weight is 822 g/mol. The third-order valence-corrected chi connectivity index (χ3v) is 15.6. The number of alkyl halides is 3. The maximum Gasteiger partial charge on any atom is 0.416 e. The Morgan fingerprint density at radius 2 is 1.72 bits per heavy atom. The average Bonchev–Trinajstić information content (AvgIpc) is 3.77. The van der Waals surface area contributed by atoms with Crippen molar-refractivity contribution < 1.29 is 42.4 Å². The second kappa shape index (κ2) is 15.0. The molecule has 7 nitrogen and oxygen atoms in total. The molecule has 6 aliphatic rings. The second-order valence-corrected chi connectivity index (χ2v) is 18.8. The fourth-order valence-corrected chi connectivity index (χ4v) is 12.6. The van der Waals surface area contributed by atoms with Crippen LogP contribution in [0.25, 0.3) is 11.3 Å². The molecule has 1 heterocycles. The first kappa shape index (κ1) is 41.5. The van der Waals surface area contributed by atoms with E-state index in [-0.39, 0.29) is 51.7 Å². The van der Waals surface area contributed by atoms with Gasteiger partial charge in [-0.3, -0.25) is 9.69 Å². The highest BCUT2D eigenvalue weighted by Crippen LogP contribution is 2.78. The van der Waals surface area contributed by atoms with Crippen molar-refractivity contribution in [3.63, 3.8) is 0 Å². The minimum Gasteiger partial charge on any atom is -0.453 e. The molecule has 9 rings (SSSR count). The van der Waals surface area contributed by atoms with Gasteiger partial charge in [0.1, 0.15) is 5.76 Å². The molecule has 2 bridgehead atoms. The summed E-state index contributed by atoms with van der Waals surface area (Å²) in [5.74, 6) is -0.335. The van der Waals surface area contributed by atoms with Crippen molar-refractivity contribution in [2.75, 3.05) is 26.2 Å². The Kier molecular flexibility index (Phi) is 10.8. The minimum absolute atomic E-state index is 0.0105. The number of hydrogen-bond acceptors (Lipinski definition) is 7. The number of allylic oxidation sites excluding steroid dienone is 4. The molecule has 0 aliphatic heterocycles. The Balaban J connectivity index is 1.11. The van der Waals surface area contributed by atoms with Crippen LogP contribution in [-0.4, -0.2) is 70.1 Å². The number of ether oxygens (including phenoxy) is 1. The van der Waals surface area contributed by atoms with Gasteiger partial charge in [-0.2, -0.15) is 13.2 Å². The molecule has 58 heavy (non-hydrogen) atoms. The number of halogens is 4. The lowest BCUT2D eigenvalue weighted by molar-refractivity contribution is -0.177. The standard InChI is InChI=1S/C47H55ClF3NO6/c1-4-22-52(26-33(54)28-57-27-30-8-6-5-7-9-30)29-45(56)19-16-40-43(45,3)18-15-39-42(2)17-14-32(53)24-44(42)20-21-46(39,40)35(25-44)41(55)38-13-12-37(58-38)34-23-31(47(49,50)51)10-11-36(34)48/h5-13,20-21,23,25,32-33,39-40,53-54,56H,4,14-19,22,24,26-29H2,1-3H3/t32?,33-,39-,40-,42-,43+,44+,45-,46-/m1/s1. The molecule has 1 aromatic heterocycles. The summed E-state index contributed by atoms with van der Waals surface area (Å²) >= 11 is 6.39. The summed E-state index contributed by atoms with van der Waals surface area (Å²) in [6.45, 7) is 8.56. The van der Waals surface area contributed by atoms with E-state index in [1.165, 1.54) is 18.2 Å². The highest BCUT2D eigenvalue weighted by molar-refractivity contribution is 6.33. The Morgan fingerprint density at radius 3 is 2.47 bits per heavy atom. The van der Waals surface area contributed by atoms with Gasteiger partial charge in [0.2, 0.25) is 5.78 Å². The van der Waals surface area contributed by atoms with E-state index in [0.717, 1.165) is 43.4 Å². The molecule has 1 unspecified atom stereocenters. The number of carbonyl (C=O) groups is 1. The van der Waals surface area contributed by atoms with E-state index in [0.29, 0.717) is 57.5 Å². The number of Topliss-reactive ketones (excluding diaryl/α,β-unsaturated/α-hetero) is 1. The van der Waals surface area contributed by atoms with Crippen LogP contribution in [0.4, 0.5) is 13.2 Å². The molecule has 2 aromatic carbocycles. The van der Waals surface area contributed by atoms with Gasteiger partial charge in [0.05, 0.1) is 41.6 Å². The molecule has 6 aliphatic carbocycles. The number of hydrogen-bond donors (Lipinski definition) is 3. The zero-order chi connectivity index (χ0) is 41.3. The summed E-state index contributed by atoms with van der Waals surface area (Å²) in [6, 6.07) is 15.9. The van der Waals surface area contributed by atoms with Gasteiger partial charge in [-0.25, -0.2) is 0 Å². The summed E-state index contributed by atoms with van der Waals surface area (Å²) in [4.78, 5) is 17.2. The number of aliphatic hydroxyl groups excluding tert-OH is 2. The summed E-state index contributed by atoms with van der Waals surface area (Å²) in [6.07, 6.45) is 6.21. The summed E-state index contributed by atoms with van der Waals surface area (Å²) < 4.78 is 53.1. The van der Waals surface area contributed by atoms with Crippen molar-refractivity contribution in [2.45, 2.75) is 103 Å². The van der Waals surface area contributed by atoms with Crippen molar-refractivity contribution in [3.05, 3.63) is 106 Å². The van der Waals surface area contributed by atoms with Crippen LogP contribution in [0.15, 0.2) is 88.9 Å². The minimum atomic E-state index is -4.59. The van der Waals surface area contributed by atoms with E-state index in [1.807, 2.05) is 30.3 Å². The molecule has 9 atom stereocenters. The number of rotatable bonds is 13. The van der Waals surface area contributed by atoms with Crippen LogP contribution in [0, 0.1) is 33.5 Å². The van der Waals surface area contributed by atoms with Crippen LogP contribution in [0.5, 0.6) is 0 Å². The van der Waals surface area contributed by atoms with E-state index < -0.39 is 45.8 Å². The van der Waals surface area contributed by atoms with Crippen LogP contribution in [0.3, 0.4) is 0 Å². The van der Waals surface area contributed by atoms with E-state index in [9.17, 15) is 28.5 Å². The maximum absolute atomic E-state index is 15.1. The molecule has 3 fully saturated rings. The fraction of sp³-hybridized carbons (Fsp3) is 0.553. The number of carbonyl (C=O) groups excluding carboxylic acids is 1. The van der Waals surface area contributed by atoms with Crippen molar-refractivity contribution in [1.29, 1.82) is 0 Å². The molecular formula is C47H55ClF3NO6. The molecule has 3 N–H and O–H groups in total. The summed E-state index contributed by atoms with van der Waals surface area (Å²) in [7, 11) is 0. The Morgan fingerprint density at radius 1 is 1.00 bits per heavy atom. The Hall–Kier alpha value is -3.25. The number of fused-ring (bicyclic) bond motifs is 1. The highest BCUT2D eigenvalue weighted by atomic mass is 35.5. The number of benzene rings is 2. The van der Waals surface area contributed by atoms with Gasteiger partial charge in [0.15, 0.2) is 5.76 Å². The smallest absolute Gasteiger partial charge is 0.416 e. The Labute approximate surface area is 343 Å². The molecule has 312 valence electrons. The largest absolute Gasteiger partial charge is 0.453 e. The van der Waals surface area contributed by atoms with Gasteiger partial charge in [0.25, 0.3) is 0 Å². The third-order valence-electron chi connectivity index (χ3n) is 15.3. The lowest BCUT2D eigenvalue weighted by Gasteiger charge is -2.71. The van der Waals surface area contributed by atoms with Crippen LogP contribution in [0.2, 0.25) is 5.02 Å².